The molecule has 2 aliphatic heterocycles. The van der Waals surface area contributed by atoms with Gasteiger partial charge in [-0.3, -0.25) is 15.0 Å². The molecule has 0 radical (unpaired) electrons. The number of carbonyl (C=O) groups excluding carboxylic acids is 1. The molecule has 3 unspecified atom stereocenters. The monoisotopic (exact) mass is 397 g/mol. The van der Waals surface area contributed by atoms with Gasteiger partial charge in [0.1, 0.15) is 12.2 Å². The molecule has 0 aromatic carbocycles. The maximum atomic E-state index is 14.7. The van der Waals surface area contributed by atoms with Crippen LogP contribution in [0.1, 0.15) is 79.1 Å². The fourth-order valence-electron chi connectivity index (χ4n) is 5.45. The second kappa shape index (κ2) is 9.86. The first-order valence-electron chi connectivity index (χ1n) is 11.5. The Morgan fingerprint density at radius 1 is 1.07 bits per heavy atom. The molecule has 28 heavy (non-hydrogen) atoms. The van der Waals surface area contributed by atoms with E-state index in [9.17, 15) is 9.18 Å². The molecule has 1 saturated carbocycles. The maximum Gasteiger partial charge on any atom is 0.241 e. The van der Waals surface area contributed by atoms with Crippen molar-refractivity contribution in [3.8, 4) is 0 Å². The molecule has 0 aromatic rings. The van der Waals surface area contributed by atoms with E-state index in [1.807, 2.05) is 13.8 Å². The summed E-state index contributed by atoms with van der Waals surface area (Å²) in [5, 5.41) is 3.58. The number of nitrogens with zero attached hydrogens (tertiary/aromatic N) is 2. The highest BCUT2D eigenvalue weighted by molar-refractivity contribution is 5.83. The molecule has 2 heterocycles. The molecular formula is C22H40FN3O2. The lowest BCUT2D eigenvalue weighted by Crippen LogP contribution is -2.57. The Bertz CT molecular complexity index is 510. The Labute approximate surface area is 170 Å². The Kier molecular flexibility index (Phi) is 7.74. The van der Waals surface area contributed by atoms with Gasteiger partial charge in [-0.15, -0.1) is 0 Å². The van der Waals surface area contributed by atoms with Crippen LogP contribution < -0.4 is 5.32 Å². The molecule has 3 rings (SSSR count). The number of nitrogens with one attached hydrogen (secondary N) is 1. The van der Waals surface area contributed by atoms with Crippen molar-refractivity contribution in [3.05, 3.63) is 0 Å². The summed E-state index contributed by atoms with van der Waals surface area (Å²) in [6.45, 7) is 8.89. The number of hydrogen-bond donors (Lipinski definition) is 1. The first-order chi connectivity index (χ1) is 13.4. The summed E-state index contributed by atoms with van der Waals surface area (Å²) >= 11 is 0. The van der Waals surface area contributed by atoms with Crippen molar-refractivity contribution in [1.82, 2.24) is 15.1 Å². The molecule has 0 aromatic heterocycles. The number of alkyl halides is 1. The zero-order valence-electron chi connectivity index (χ0n) is 18.2. The molecule has 1 amide bonds. The molecule has 5 nitrogen and oxygen atoms in total. The lowest BCUT2D eigenvalue weighted by molar-refractivity contribution is -0.144. The van der Waals surface area contributed by atoms with Crippen LogP contribution in [0.25, 0.3) is 0 Å². The average molecular weight is 398 g/mol. The van der Waals surface area contributed by atoms with Crippen molar-refractivity contribution >= 4 is 5.91 Å². The topological polar surface area (TPSA) is 44.8 Å². The van der Waals surface area contributed by atoms with E-state index in [0.29, 0.717) is 19.0 Å². The molecule has 6 heteroatoms. The van der Waals surface area contributed by atoms with Gasteiger partial charge in [0, 0.05) is 18.6 Å². The summed E-state index contributed by atoms with van der Waals surface area (Å²) in [6.07, 6.45) is 8.06. The lowest BCUT2D eigenvalue weighted by Gasteiger charge is -2.41. The third kappa shape index (κ3) is 5.06. The van der Waals surface area contributed by atoms with Crippen LogP contribution in [0.5, 0.6) is 0 Å². The fourth-order valence-corrected chi connectivity index (χ4v) is 5.45. The molecule has 1 N–H and O–H groups in total. The third-order valence-electron chi connectivity index (χ3n) is 6.74. The van der Waals surface area contributed by atoms with E-state index < -0.39 is 6.17 Å². The van der Waals surface area contributed by atoms with Gasteiger partial charge in [-0.2, -0.15) is 0 Å². The SMILES string of the molecule is CC(C)O[C@H]1CCN(C(=O)C2C(C)NC(C)N2C2CCCCCCC2)C[C@H]1F. The second-order valence-corrected chi connectivity index (χ2v) is 9.33. The van der Waals surface area contributed by atoms with Gasteiger partial charge in [-0.1, -0.05) is 32.1 Å². The Balaban J connectivity index is 1.68. The van der Waals surface area contributed by atoms with Crippen molar-refractivity contribution in [2.75, 3.05) is 13.1 Å². The van der Waals surface area contributed by atoms with Crippen molar-refractivity contribution in [2.24, 2.45) is 0 Å². The van der Waals surface area contributed by atoms with Gasteiger partial charge in [-0.05, 0) is 47.0 Å². The summed E-state index contributed by atoms with van der Waals surface area (Å²) in [6, 6.07) is 0.356. The van der Waals surface area contributed by atoms with Gasteiger partial charge >= 0.3 is 0 Å². The quantitative estimate of drug-likeness (QED) is 0.789. The zero-order chi connectivity index (χ0) is 20.3. The van der Waals surface area contributed by atoms with Crippen LogP contribution >= 0.6 is 0 Å². The van der Waals surface area contributed by atoms with Gasteiger partial charge in [0.25, 0.3) is 0 Å². The average Bonchev–Trinajstić information content (AvgIpc) is 2.89. The summed E-state index contributed by atoms with van der Waals surface area (Å²) in [5.41, 5.74) is 0. The van der Waals surface area contributed by atoms with Crippen LogP contribution in [-0.2, 0) is 9.53 Å². The number of halogens is 1. The van der Waals surface area contributed by atoms with Crippen LogP contribution in [0, 0.1) is 0 Å². The molecule has 0 spiro atoms. The number of likely N-dealkylation sites (tertiary alicyclic amines) is 1. The van der Waals surface area contributed by atoms with Gasteiger partial charge < -0.3 is 9.64 Å². The Morgan fingerprint density at radius 2 is 1.71 bits per heavy atom. The normalized spacial score (nSPS) is 36.5. The van der Waals surface area contributed by atoms with Crippen molar-refractivity contribution in [2.45, 2.75) is 122 Å². The van der Waals surface area contributed by atoms with Gasteiger partial charge in [0.2, 0.25) is 5.91 Å². The fraction of sp³-hybridized carbons (Fsp3) is 0.955. The van der Waals surface area contributed by atoms with Gasteiger partial charge in [0.05, 0.1) is 24.9 Å². The Hall–Kier alpha value is -0.720. The van der Waals surface area contributed by atoms with E-state index in [-0.39, 0.29) is 42.9 Å². The van der Waals surface area contributed by atoms with Crippen molar-refractivity contribution < 1.29 is 13.9 Å². The molecule has 1 aliphatic carbocycles. The molecule has 162 valence electrons. The van der Waals surface area contributed by atoms with Crippen LogP contribution in [0.3, 0.4) is 0 Å². The first kappa shape index (κ1) is 22.0. The number of hydrogen-bond acceptors (Lipinski definition) is 4. The highest BCUT2D eigenvalue weighted by Gasteiger charge is 2.46. The highest BCUT2D eigenvalue weighted by atomic mass is 19.1. The van der Waals surface area contributed by atoms with E-state index >= 15 is 0 Å². The van der Waals surface area contributed by atoms with E-state index in [2.05, 4.69) is 24.1 Å². The molecule has 3 aliphatic rings. The highest BCUT2D eigenvalue weighted by Crippen LogP contribution is 2.30. The third-order valence-corrected chi connectivity index (χ3v) is 6.74. The van der Waals surface area contributed by atoms with E-state index in [1.54, 1.807) is 4.90 Å². The number of carbonyl (C=O) groups is 1. The van der Waals surface area contributed by atoms with Crippen LogP contribution in [0.4, 0.5) is 4.39 Å². The molecule has 2 saturated heterocycles. The van der Waals surface area contributed by atoms with Gasteiger partial charge in [-0.25, -0.2) is 4.39 Å². The Morgan fingerprint density at radius 3 is 2.32 bits per heavy atom. The largest absolute Gasteiger partial charge is 0.372 e. The minimum absolute atomic E-state index is 0.0141. The van der Waals surface area contributed by atoms with Crippen LogP contribution in [0.15, 0.2) is 0 Å². The second-order valence-electron chi connectivity index (χ2n) is 9.33. The first-order valence-corrected chi connectivity index (χ1v) is 11.5. The van der Waals surface area contributed by atoms with Crippen molar-refractivity contribution in [3.63, 3.8) is 0 Å². The number of piperidine rings is 1. The predicted octanol–water partition coefficient (Wildman–Crippen LogP) is 3.47. The number of ether oxygens (including phenoxy) is 1. The van der Waals surface area contributed by atoms with Crippen LogP contribution in [0.2, 0.25) is 0 Å². The summed E-state index contributed by atoms with van der Waals surface area (Å²) in [7, 11) is 0. The molecule has 5 atom stereocenters. The standard InChI is InChI=1S/C22H40FN3O2/c1-15(2)28-20-12-13-25(14-19(20)23)22(27)21-16(3)24-17(4)26(21)18-10-8-6-5-7-9-11-18/h15-21,24H,5-14H2,1-4H3/t16?,17?,19-,20+,21?/m1/s1. The molecule has 3 fully saturated rings. The molecule has 0 bridgehead atoms. The minimum atomic E-state index is -1.10. The molecular weight excluding hydrogens is 357 g/mol. The van der Waals surface area contributed by atoms with E-state index in [0.717, 1.165) is 0 Å². The summed E-state index contributed by atoms with van der Waals surface area (Å²) in [5.74, 6) is 0.0945. The zero-order valence-corrected chi connectivity index (χ0v) is 18.2. The van der Waals surface area contributed by atoms with E-state index in [1.165, 1.54) is 44.9 Å². The van der Waals surface area contributed by atoms with Gasteiger partial charge in [0.15, 0.2) is 0 Å². The number of amides is 1. The van der Waals surface area contributed by atoms with E-state index in [4.69, 9.17) is 4.74 Å². The minimum Gasteiger partial charge on any atom is -0.372 e. The summed E-state index contributed by atoms with van der Waals surface area (Å²) in [4.78, 5) is 17.6. The number of rotatable bonds is 4. The lowest BCUT2D eigenvalue weighted by atomic mass is 9.93. The maximum absolute atomic E-state index is 14.7. The van der Waals surface area contributed by atoms with Crippen molar-refractivity contribution in [1.29, 1.82) is 0 Å². The predicted molar refractivity (Wildman–Crippen MR) is 110 cm³/mol. The smallest absolute Gasteiger partial charge is 0.241 e. The summed E-state index contributed by atoms with van der Waals surface area (Å²) < 4.78 is 20.4. The van der Waals surface area contributed by atoms with Crippen LogP contribution in [-0.4, -0.2) is 71.5 Å².